The van der Waals surface area contributed by atoms with Gasteiger partial charge in [0.25, 0.3) is 0 Å². The van der Waals surface area contributed by atoms with E-state index in [4.69, 9.17) is 15.2 Å². The molecule has 1 heterocycles. The smallest absolute Gasteiger partial charge is 0.142 e. The van der Waals surface area contributed by atoms with Gasteiger partial charge in [-0.05, 0) is 42.3 Å². The molecule has 4 heteroatoms. The fraction of sp³-hybridized carbons (Fsp3) is 0.368. The van der Waals surface area contributed by atoms with Gasteiger partial charge in [-0.2, -0.15) is 0 Å². The van der Waals surface area contributed by atoms with E-state index in [0.29, 0.717) is 37.5 Å². The van der Waals surface area contributed by atoms with Crippen LogP contribution < -0.4 is 10.5 Å². The minimum atomic E-state index is -0.565. The molecule has 0 aromatic heterocycles. The molecule has 1 fully saturated rings. The number of aromatic hydroxyl groups is 1. The Hall–Kier alpha value is -2.20. The quantitative estimate of drug-likeness (QED) is 0.846. The lowest BCUT2D eigenvalue weighted by Crippen LogP contribution is -2.39. The van der Waals surface area contributed by atoms with Crippen molar-refractivity contribution in [2.45, 2.75) is 31.8 Å². The third-order valence-corrected chi connectivity index (χ3v) is 4.46. The van der Waals surface area contributed by atoms with E-state index >= 15 is 0 Å². The lowest BCUT2D eigenvalue weighted by atomic mass is 9.84. The molecular weight excluding hydrogens is 290 g/mol. The summed E-state index contributed by atoms with van der Waals surface area (Å²) in [5, 5.41) is 10.5. The minimum absolute atomic E-state index is 0.293. The van der Waals surface area contributed by atoms with Crippen molar-refractivity contribution in [3.63, 3.8) is 0 Å². The largest absolute Gasteiger partial charge is 0.508 e. The van der Waals surface area contributed by atoms with Crippen molar-refractivity contribution < 1.29 is 14.6 Å². The number of nitrogen functional groups attached to an aromatic ring is 1. The van der Waals surface area contributed by atoms with Gasteiger partial charge in [-0.25, -0.2) is 0 Å². The molecule has 0 radical (unpaired) electrons. The van der Waals surface area contributed by atoms with Crippen LogP contribution in [0.4, 0.5) is 5.69 Å². The Balaban J connectivity index is 1.97. The molecule has 3 N–H and O–H groups in total. The zero-order valence-electron chi connectivity index (χ0n) is 13.4. The highest BCUT2D eigenvalue weighted by molar-refractivity contribution is 5.44. The maximum atomic E-state index is 10.5. The van der Waals surface area contributed by atoms with E-state index in [9.17, 15) is 5.11 Å². The molecule has 1 saturated heterocycles. The number of hydrogen-bond donors (Lipinski definition) is 2. The summed E-state index contributed by atoms with van der Waals surface area (Å²) in [7, 11) is 0. The predicted molar refractivity (Wildman–Crippen MR) is 90.7 cm³/mol. The highest BCUT2D eigenvalue weighted by Crippen LogP contribution is 2.41. The first kappa shape index (κ1) is 15.7. The summed E-state index contributed by atoms with van der Waals surface area (Å²) < 4.78 is 11.8. The number of nitrogens with two attached hydrogens (primary N) is 1. The standard InChI is InChI=1S/C19H23NO3/c1-2-14-3-8-17(18(21)13-14)19(9-11-22-12-10-19)23-16-6-4-15(20)5-7-16/h3-8,13,21H,2,9-12,20H2,1H3. The molecule has 0 amide bonds. The van der Waals surface area contributed by atoms with Crippen LogP contribution in [0.3, 0.4) is 0 Å². The molecule has 0 unspecified atom stereocenters. The molecule has 0 atom stereocenters. The molecule has 1 aliphatic heterocycles. The van der Waals surface area contributed by atoms with Crippen molar-refractivity contribution in [2.24, 2.45) is 0 Å². The second-order valence-electron chi connectivity index (χ2n) is 5.98. The van der Waals surface area contributed by atoms with Crippen LogP contribution >= 0.6 is 0 Å². The maximum absolute atomic E-state index is 10.5. The lowest BCUT2D eigenvalue weighted by Gasteiger charge is -2.38. The highest BCUT2D eigenvalue weighted by atomic mass is 16.5. The van der Waals surface area contributed by atoms with Crippen molar-refractivity contribution >= 4 is 5.69 Å². The summed E-state index contributed by atoms with van der Waals surface area (Å²) in [5.74, 6) is 1.04. The van der Waals surface area contributed by atoms with E-state index < -0.39 is 5.60 Å². The van der Waals surface area contributed by atoms with E-state index in [1.165, 1.54) is 0 Å². The summed E-state index contributed by atoms with van der Waals surface area (Å²) in [6.07, 6.45) is 2.30. The van der Waals surface area contributed by atoms with Gasteiger partial charge in [-0.3, -0.25) is 0 Å². The zero-order chi connectivity index (χ0) is 16.3. The number of aryl methyl sites for hydroxylation is 1. The van der Waals surface area contributed by atoms with Crippen LogP contribution in [0.25, 0.3) is 0 Å². The van der Waals surface area contributed by atoms with Crippen LogP contribution in [0.1, 0.15) is 30.9 Å². The third kappa shape index (κ3) is 3.27. The van der Waals surface area contributed by atoms with Crippen molar-refractivity contribution in [2.75, 3.05) is 18.9 Å². The van der Waals surface area contributed by atoms with Crippen LogP contribution in [0.2, 0.25) is 0 Å². The summed E-state index contributed by atoms with van der Waals surface area (Å²) in [6, 6.07) is 13.2. The van der Waals surface area contributed by atoms with Gasteiger partial charge in [0.1, 0.15) is 17.1 Å². The Morgan fingerprint density at radius 3 is 2.43 bits per heavy atom. The molecule has 0 spiro atoms. The molecule has 122 valence electrons. The average molecular weight is 313 g/mol. The molecule has 1 aliphatic rings. The molecule has 2 aromatic rings. The predicted octanol–water partition coefficient (Wildman–Crippen LogP) is 3.62. The van der Waals surface area contributed by atoms with Gasteiger partial charge in [0.15, 0.2) is 0 Å². The van der Waals surface area contributed by atoms with Crippen molar-refractivity contribution in [3.05, 3.63) is 53.6 Å². The first-order valence-corrected chi connectivity index (χ1v) is 8.08. The first-order chi connectivity index (χ1) is 11.1. The van der Waals surface area contributed by atoms with Gasteiger partial charge < -0.3 is 20.3 Å². The van der Waals surface area contributed by atoms with Crippen LogP contribution in [-0.2, 0) is 16.8 Å². The molecule has 0 bridgehead atoms. The summed E-state index contributed by atoms with van der Waals surface area (Å²) in [4.78, 5) is 0. The molecular formula is C19H23NO3. The topological polar surface area (TPSA) is 64.7 Å². The second kappa shape index (κ2) is 6.50. The molecule has 23 heavy (non-hydrogen) atoms. The molecule has 2 aromatic carbocycles. The van der Waals surface area contributed by atoms with Gasteiger partial charge in [0.05, 0.1) is 13.2 Å². The maximum Gasteiger partial charge on any atom is 0.142 e. The number of hydrogen-bond acceptors (Lipinski definition) is 4. The Morgan fingerprint density at radius 2 is 1.83 bits per heavy atom. The van der Waals surface area contributed by atoms with E-state index in [2.05, 4.69) is 13.0 Å². The van der Waals surface area contributed by atoms with Crippen LogP contribution in [0, 0.1) is 0 Å². The van der Waals surface area contributed by atoms with Gasteiger partial charge in [-0.1, -0.05) is 19.1 Å². The number of benzene rings is 2. The molecule has 0 saturated carbocycles. The second-order valence-corrected chi connectivity index (χ2v) is 5.98. The lowest BCUT2D eigenvalue weighted by molar-refractivity contribution is -0.0511. The monoisotopic (exact) mass is 313 g/mol. The minimum Gasteiger partial charge on any atom is -0.508 e. The summed E-state index contributed by atoms with van der Waals surface area (Å²) in [6.45, 7) is 3.30. The fourth-order valence-corrected chi connectivity index (χ4v) is 3.07. The van der Waals surface area contributed by atoms with Crippen molar-refractivity contribution in [1.29, 1.82) is 0 Å². The SMILES string of the molecule is CCc1ccc(C2(Oc3ccc(N)cc3)CCOCC2)c(O)c1. The molecule has 0 aliphatic carbocycles. The van der Waals surface area contributed by atoms with Crippen molar-refractivity contribution in [3.8, 4) is 11.5 Å². The summed E-state index contributed by atoms with van der Waals surface area (Å²) in [5.41, 5.74) is 7.82. The van der Waals surface area contributed by atoms with E-state index in [0.717, 1.165) is 23.3 Å². The van der Waals surface area contributed by atoms with Gasteiger partial charge in [-0.15, -0.1) is 0 Å². The van der Waals surface area contributed by atoms with Crippen LogP contribution in [-0.4, -0.2) is 18.3 Å². The van der Waals surface area contributed by atoms with Gasteiger partial charge >= 0.3 is 0 Å². The molecule has 4 nitrogen and oxygen atoms in total. The van der Waals surface area contributed by atoms with Gasteiger partial charge in [0.2, 0.25) is 0 Å². The third-order valence-electron chi connectivity index (χ3n) is 4.46. The first-order valence-electron chi connectivity index (χ1n) is 8.08. The highest BCUT2D eigenvalue weighted by Gasteiger charge is 2.39. The number of anilines is 1. The van der Waals surface area contributed by atoms with E-state index in [1.807, 2.05) is 36.4 Å². The molecule has 3 rings (SSSR count). The van der Waals surface area contributed by atoms with Crippen molar-refractivity contribution in [1.82, 2.24) is 0 Å². The van der Waals surface area contributed by atoms with Crippen LogP contribution in [0.5, 0.6) is 11.5 Å². The van der Waals surface area contributed by atoms with E-state index in [-0.39, 0.29) is 0 Å². The Labute approximate surface area is 136 Å². The van der Waals surface area contributed by atoms with Gasteiger partial charge in [0, 0.05) is 24.1 Å². The Morgan fingerprint density at radius 1 is 1.13 bits per heavy atom. The Kier molecular flexibility index (Phi) is 4.44. The number of phenols is 1. The normalized spacial score (nSPS) is 16.9. The van der Waals surface area contributed by atoms with Crippen LogP contribution in [0.15, 0.2) is 42.5 Å². The summed E-state index contributed by atoms with van der Waals surface area (Å²) >= 11 is 0. The average Bonchev–Trinajstić information content (AvgIpc) is 2.57. The fourth-order valence-electron chi connectivity index (χ4n) is 3.07. The Bertz CT molecular complexity index is 661. The number of ether oxygens (including phenoxy) is 2. The van der Waals surface area contributed by atoms with E-state index in [1.54, 1.807) is 0 Å². The number of rotatable bonds is 4. The number of phenolic OH excluding ortho intramolecular Hbond substituents is 1. The zero-order valence-corrected chi connectivity index (χ0v) is 13.4.